The van der Waals surface area contributed by atoms with E-state index in [-0.39, 0.29) is 29.5 Å². The standard InChI is InChI=1S/C22H21NO6/c1-3-4-11-23-19(24)17-10-9-16(12-18(17)20(23)25)22(27)29-13-14-5-7-15(8-6-14)21(26)28-2/h5-10,12H,3-4,11,13H2,1-2H3. The minimum atomic E-state index is -0.600. The number of benzene rings is 2. The van der Waals surface area contributed by atoms with Crippen molar-refractivity contribution in [2.24, 2.45) is 0 Å². The van der Waals surface area contributed by atoms with Gasteiger partial charge < -0.3 is 9.47 Å². The molecule has 7 nitrogen and oxygen atoms in total. The van der Waals surface area contributed by atoms with Crippen molar-refractivity contribution in [3.05, 3.63) is 70.3 Å². The molecule has 2 aromatic carbocycles. The molecule has 0 atom stereocenters. The molecule has 150 valence electrons. The molecule has 2 aromatic rings. The number of nitrogens with zero attached hydrogens (tertiary/aromatic N) is 1. The summed E-state index contributed by atoms with van der Waals surface area (Å²) >= 11 is 0. The predicted octanol–water partition coefficient (Wildman–Crippen LogP) is 3.23. The van der Waals surface area contributed by atoms with Gasteiger partial charge in [-0.05, 0) is 42.3 Å². The Bertz CT molecular complexity index is 964. The normalized spacial score (nSPS) is 12.7. The van der Waals surface area contributed by atoms with Crippen molar-refractivity contribution in [3.63, 3.8) is 0 Å². The van der Waals surface area contributed by atoms with Crippen molar-refractivity contribution in [2.75, 3.05) is 13.7 Å². The van der Waals surface area contributed by atoms with Crippen molar-refractivity contribution in [2.45, 2.75) is 26.4 Å². The highest BCUT2D eigenvalue weighted by atomic mass is 16.5. The van der Waals surface area contributed by atoms with Gasteiger partial charge in [-0.1, -0.05) is 25.5 Å². The number of unbranched alkanes of at least 4 members (excludes halogenated alkanes) is 1. The SMILES string of the molecule is CCCCN1C(=O)c2ccc(C(=O)OCc3ccc(C(=O)OC)cc3)cc2C1=O. The van der Waals surface area contributed by atoms with Gasteiger partial charge in [0, 0.05) is 6.54 Å². The molecule has 7 heteroatoms. The van der Waals surface area contributed by atoms with Crippen LogP contribution in [0.1, 0.15) is 66.8 Å². The van der Waals surface area contributed by atoms with Gasteiger partial charge in [0.2, 0.25) is 0 Å². The molecule has 0 N–H and O–H groups in total. The van der Waals surface area contributed by atoms with E-state index in [1.165, 1.54) is 30.2 Å². The number of carbonyl (C=O) groups excluding carboxylic acids is 4. The maximum atomic E-state index is 12.5. The molecule has 1 heterocycles. The smallest absolute Gasteiger partial charge is 0.338 e. The van der Waals surface area contributed by atoms with Gasteiger partial charge in [0.15, 0.2) is 0 Å². The molecule has 3 rings (SSSR count). The van der Waals surface area contributed by atoms with Gasteiger partial charge in [-0.15, -0.1) is 0 Å². The van der Waals surface area contributed by atoms with E-state index in [1.807, 2.05) is 6.92 Å². The van der Waals surface area contributed by atoms with Crippen molar-refractivity contribution in [1.29, 1.82) is 0 Å². The zero-order valence-corrected chi connectivity index (χ0v) is 16.3. The maximum absolute atomic E-state index is 12.5. The van der Waals surface area contributed by atoms with E-state index in [0.717, 1.165) is 12.8 Å². The lowest BCUT2D eigenvalue weighted by molar-refractivity contribution is 0.0471. The van der Waals surface area contributed by atoms with Crippen molar-refractivity contribution in [1.82, 2.24) is 4.90 Å². The number of esters is 2. The fourth-order valence-corrected chi connectivity index (χ4v) is 3.02. The van der Waals surface area contributed by atoms with Crippen LogP contribution in [0.3, 0.4) is 0 Å². The highest BCUT2D eigenvalue weighted by Gasteiger charge is 2.35. The van der Waals surface area contributed by atoms with Crippen molar-refractivity contribution < 1.29 is 28.7 Å². The largest absolute Gasteiger partial charge is 0.465 e. The van der Waals surface area contributed by atoms with Gasteiger partial charge in [0.25, 0.3) is 11.8 Å². The Morgan fingerprint density at radius 3 is 2.21 bits per heavy atom. The summed E-state index contributed by atoms with van der Waals surface area (Å²) in [6, 6.07) is 10.9. The summed E-state index contributed by atoms with van der Waals surface area (Å²) < 4.78 is 9.92. The quantitative estimate of drug-likeness (QED) is 0.528. The molecule has 29 heavy (non-hydrogen) atoms. The van der Waals surface area contributed by atoms with Gasteiger partial charge in [0.1, 0.15) is 6.61 Å². The molecule has 0 unspecified atom stereocenters. The lowest BCUT2D eigenvalue weighted by atomic mass is 10.1. The molecule has 0 bridgehead atoms. The van der Waals surface area contributed by atoms with Gasteiger partial charge in [-0.25, -0.2) is 9.59 Å². The van der Waals surface area contributed by atoms with Crippen molar-refractivity contribution >= 4 is 23.8 Å². The minimum absolute atomic E-state index is 0.00682. The number of ether oxygens (including phenoxy) is 2. The third kappa shape index (κ3) is 4.18. The Labute approximate surface area is 168 Å². The number of fused-ring (bicyclic) bond motifs is 1. The number of amides is 2. The lowest BCUT2D eigenvalue weighted by Gasteiger charge is -2.12. The summed E-state index contributed by atoms with van der Waals surface area (Å²) in [5.74, 6) is -1.76. The highest BCUT2D eigenvalue weighted by Crippen LogP contribution is 2.25. The fourth-order valence-electron chi connectivity index (χ4n) is 3.02. The second kappa shape index (κ2) is 8.68. The number of hydrogen-bond acceptors (Lipinski definition) is 6. The van der Waals surface area contributed by atoms with Crippen LogP contribution in [0.4, 0.5) is 0 Å². The first kappa shape index (κ1) is 20.3. The van der Waals surface area contributed by atoms with Gasteiger partial charge >= 0.3 is 11.9 Å². The number of rotatable bonds is 7. The van der Waals surface area contributed by atoms with Crippen LogP contribution >= 0.6 is 0 Å². The summed E-state index contributed by atoms with van der Waals surface area (Å²) in [5, 5.41) is 0. The van der Waals surface area contributed by atoms with Crippen LogP contribution in [-0.2, 0) is 16.1 Å². The topological polar surface area (TPSA) is 90.0 Å². The van der Waals surface area contributed by atoms with E-state index in [4.69, 9.17) is 4.74 Å². The van der Waals surface area contributed by atoms with Crippen LogP contribution in [0.5, 0.6) is 0 Å². The van der Waals surface area contributed by atoms with E-state index in [1.54, 1.807) is 24.3 Å². The Balaban J connectivity index is 1.67. The van der Waals surface area contributed by atoms with Crippen LogP contribution in [0.15, 0.2) is 42.5 Å². The van der Waals surface area contributed by atoms with E-state index < -0.39 is 11.9 Å². The van der Waals surface area contributed by atoms with Gasteiger partial charge in [0.05, 0.1) is 29.4 Å². The van der Waals surface area contributed by atoms with Crippen LogP contribution in [0, 0.1) is 0 Å². The van der Waals surface area contributed by atoms with E-state index in [9.17, 15) is 19.2 Å². The molecule has 0 spiro atoms. The van der Waals surface area contributed by atoms with Crippen LogP contribution in [0.25, 0.3) is 0 Å². The van der Waals surface area contributed by atoms with Gasteiger partial charge in [-0.3, -0.25) is 14.5 Å². The third-order valence-corrected chi connectivity index (χ3v) is 4.69. The predicted molar refractivity (Wildman–Crippen MR) is 104 cm³/mol. The van der Waals surface area contributed by atoms with Crippen LogP contribution < -0.4 is 0 Å². The molecule has 0 saturated carbocycles. The molecular weight excluding hydrogens is 374 g/mol. The fraction of sp³-hybridized carbons (Fsp3) is 0.273. The summed E-state index contributed by atoms with van der Waals surface area (Å²) in [7, 11) is 1.30. The summed E-state index contributed by atoms with van der Waals surface area (Å²) in [5.41, 5.74) is 1.83. The van der Waals surface area contributed by atoms with E-state index >= 15 is 0 Å². The highest BCUT2D eigenvalue weighted by molar-refractivity contribution is 6.21. The number of carbonyl (C=O) groups is 4. The summed E-state index contributed by atoms with van der Waals surface area (Å²) in [6.45, 7) is 2.35. The second-order valence-corrected chi connectivity index (χ2v) is 6.64. The van der Waals surface area contributed by atoms with Gasteiger partial charge in [-0.2, -0.15) is 0 Å². The Hall–Kier alpha value is -3.48. The first-order chi connectivity index (χ1) is 14.0. The van der Waals surface area contributed by atoms with Crippen LogP contribution in [0.2, 0.25) is 0 Å². The summed E-state index contributed by atoms with van der Waals surface area (Å²) in [6.07, 6.45) is 1.60. The molecule has 1 aliphatic rings. The monoisotopic (exact) mass is 395 g/mol. The zero-order valence-electron chi connectivity index (χ0n) is 16.3. The molecule has 0 saturated heterocycles. The maximum Gasteiger partial charge on any atom is 0.338 e. The molecule has 2 amide bonds. The Kier molecular flexibility index (Phi) is 6.07. The number of hydrogen-bond donors (Lipinski definition) is 0. The van der Waals surface area contributed by atoms with E-state index in [2.05, 4.69) is 4.74 Å². The number of methoxy groups -OCH3 is 1. The Morgan fingerprint density at radius 1 is 0.897 bits per heavy atom. The van der Waals surface area contributed by atoms with Crippen LogP contribution in [-0.4, -0.2) is 42.3 Å². The molecule has 0 aromatic heterocycles. The van der Waals surface area contributed by atoms with E-state index in [0.29, 0.717) is 23.2 Å². The Morgan fingerprint density at radius 2 is 1.55 bits per heavy atom. The zero-order chi connectivity index (χ0) is 21.0. The van der Waals surface area contributed by atoms with Crippen molar-refractivity contribution in [3.8, 4) is 0 Å². The molecule has 0 aliphatic carbocycles. The average Bonchev–Trinajstić information content (AvgIpc) is 2.99. The number of imide groups is 1. The molecular formula is C22H21NO6. The average molecular weight is 395 g/mol. The summed E-state index contributed by atoms with van der Waals surface area (Å²) in [4.78, 5) is 49.9. The molecule has 1 aliphatic heterocycles. The first-order valence-electron chi connectivity index (χ1n) is 9.31. The minimum Gasteiger partial charge on any atom is -0.465 e. The first-order valence-corrected chi connectivity index (χ1v) is 9.31. The second-order valence-electron chi connectivity index (χ2n) is 6.64. The molecule has 0 fully saturated rings. The molecule has 0 radical (unpaired) electrons. The lowest BCUT2D eigenvalue weighted by Crippen LogP contribution is -2.30. The third-order valence-electron chi connectivity index (χ3n) is 4.69.